The summed E-state index contributed by atoms with van der Waals surface area (Å²) in [5.41, 5.74) is -1.93. The molecule has 0 bridgehead atoms. The standard InChI is InChI=1S/C24H21FN2O6/c1-3-24(32)14-8-16-18-17(9-27(16)21(29)13(14)10-33-22(24)30)26-5-4-23(2,31)15-7-11(25)6-12(19(15)26)20(18)28/h6-8,31-32H,3-5,9-10H2,1-2H3/t23-,24-/m0/s1. The van der Waals surface area contributed by atoms with Crippen LogP contribution in [0, 0.1) is 5.82 Å². The molecule has 8 nitrogen and oxygen atoms in total. The van der Waals surface area contributed by atoms with Gasteiger partial charge < -0.3 is 24.1 Å². The number of rotatable bonds is 1. The van der Waals surface area contributed by atoms with Crippen LogP contribution in [-0.2, 0) is 40.4 Å². The number of ether oxygens (including phenoxy) is 1. The van der Waals surface area contributed by atoms with E-state index in [-0.39, 0.29) is 47.3 Å². The van der Waals surface area contributed by atoms with E-state index in [0.29, 0.717) is 29.7 Å². The maximum atomic E-state index is 14.5. The van der Waals surface area contributed by atoms with Crippen LogP contribution < -0.4 is 11.0 Å². The van der Waals surface area contributed by atoms with Gasteiger partial charge in [0.2, 0.25) is 0 Å². The number of fused-ring (bicyclic) bond motifs is 5. The van der Waals surface area contributed by atoms with Crippen molar-refractivity contribution in [1.82, 2.24) is 9.13 Å². The summed E-state index contributed by atoms with van der Waals surface area (Å²) in [7, 11) is 0. The van der Waals surface area contributed by atoms with Crippen LogP contribution in [0.3, 0.4) is 0 Å². The largest absolute Gasteiger partial charge is 0.458 e. The number of nitrogens with zero attached hydrogens (tertiary/aromatic N) is 2. The van der Waals surface area contributed by atoms with Gasteiger partial charge in [0.05, 0.1) is 40.2 Å². The molecule has 1 aromatic carbocycles. The molecule has 0 amide bonds. The Morgan fingerprint density at radius 2 is 1.88 bits per heavy atom. The number of benzene rings is 1. The molecule has 6 rings (SSSR count). The third-order valence-corrected chi connectivity index (χ3v) is 7.44. The molecule has 0 aliphatic carbocycles. The van der Waals surface area contributed by atoms with Gasteiger partial charge in [-0.05, 0) is 38.0 Å². The van der Waals surface area contributed by atoms with Crippen molar-refractivity contribution >= 4 is 16.9 Å². The molecule has 2 atom stereocenters. The highest BCUT2D eigenvalue weighted by molar-refractivity contribution is 5.90. The van der Waals surface area contributed by atoms with E-state index in [4.69, 9.17) is 4.74 Å². The van der Waals surface area contributed by atoms with E-state index < -0.39 is 34.0 Å². The van der Waals surface area contributed by atoms with Crippen molar-refractivity contribution in [2.24, 2.45) is 0 Å². The second kappa shape index (κ2) is 6.18. The fourth-order valence-electron chi connectivity index (χ4n) is 5.56. The summed E-state index contributed by atoms with van der Waals surface area (Å²) in [5.74, 6) is -1.47. The number of aliphatic hydroxyl groups is 2. The Labute approximate surface area is 186 Å². The Hall–Kier alpha value is -3.30. The Bertz CT molecular complexity index is 1550. The van der Waals surface area contributed by atoms with Gasteiger partial charge in [-0.2, -0.15) is 0 Å². The fourth-order valence-corrected chi connectivity index (χ4v) is 5.56. The molecule has 3 aliphatic heterocycles. The average molecular weight is 452 g/mol. The van der Waals surface area contributed by atoms with Crippen LogP contribution in [0.15, 0.2) is 27.8 Å². The molecular weight excluding hydrogens is 431 g/mol. The van der Waals surface area contributed by atoms with E-state index in [1.807, 2.05) is 4.57 Å². The summed E-state index contributed by atoms with van der Waals surface area (Å²) in [6.07, 6.45) is 0.313. The first-order valence-corrected chi connectivity index (χ1v) is 10.9. The molecule has 0 spiro atoms. The Morgan fingerprint density at radius 3 is 2.61 bits per heavy atom. The molecule has 3 aromatic rings. The summed E-state index contributed by atoms with van der Waals surface area (Å²) < 4.78 is 22.9. The molecule has 3 aliphatic rings. The lowest BCUT2D eigenvalue weighted by Gasteiger charge is -2.33. The van der Waals surface area contributed by atoms with Gasteiger partial charge in [-0.1, -0.05) is 6.92 Å². The average Bonchev–Trinajstić information content (AvgIpc) is 3.16. The first-order chi connectivity index (χ1) is 15.6. The molecule has 2 N–H and O–H groups in total. The fraction of sp³-hybridized carbons (Fsp3) is 0.375. The quantitative estimate of drug-likeness (QED) is 0.425. The highest BCUT2D eigenvalue weighted by atomic mass is 19.1. The SMILES string of the molecule is CC[C@@]1(O)C(=O)OCc2c1cc1n(c2=O)Cc2c-1c(=O)c1cc(F)cc3c1n2CC[C@]3(C)O. The van der Waals surface area contributed by atoms with Crippen molar-refractivity contribution in [2.75, 3.05) is 0 Å². The van der Waals surface area contributed by atoms with E-state index >= 15 is 0 Å². The third-order valence-electron chi connectivity index (χ3n) is 7.44. The zero-order valence-corrected chi connectivity index (χ0v) is 18.1. The van der Waals surface area contributed by atoms with E-state index in [0.717, 1.165) is 6.07 Å². The van der Waals surface area contributed by atoms with Crippen molar-refractivity contribution < 1.29 is 24.1 Å². The van der Waals surface area contributed by atoms with Gasteiger partial charge in [-0.15, -0.1) is 0 Å². The summed E-state index contributed by atoms with van der Waals surface area (Å²) >= 11 is 0. The highest BCUT2D eigenvalue weighted by Gasteiger charge is 2.46. The Morgan fingerprint density at radius 1 is 1.12 bits per heavy atom. The van der Waals surface area contributed by atoms with Crippen molar-refractivity contribution in [3.05, 3.63) is 67.0 Å². The zero-order valence-electron chi connectivity index (χ0n) is 18.1. The summed E-state index contributed by atoms with van der Waals surface area (Å²) in [5, 5.41) is 22.0. The van der Waals surface area contributed by atoms with Crippen LogP contribution in [0.4, 0.5) is 4.39 Å². The van der Waals surface area contributed by atoms with Gasteiger partial charge in [-0.25, -0.2) is 9.18 Å². The minimum Gasteiger partial charge on any atom is -0.458 e. The highest BCUT2D eigenvalue weighted by Crippen LogP contribution is 2.42. The monoisotopic (exact) mass is 452 g/mol. The van der Waals surface area contributed by atoms with Gasteiger partial charge in [0.1, 0.15) is 12.4 Å². The molecule has 0 radical (unpaired) electrons. The van der Waals surface area contributed by atoms with Gasteiger partial charge in [0, 0.05) is 23.1 Å². The molecule has 170 valence electrons. The molecule has 0 fully saturated rings. The smallest absolute Gasteiger partial charge is 0.343 e. The lowest BCUT2D eigenvalue weighted by atomic mass is 9.85. The van der Waals surface area contributed by atoms with E-state index in [1.54, 1.807) is 13.8 Å². The van der Waals surface area contributed by atoms with Crippen molar-refractivity contribution in [2.45, 2.75) is 57.6 Å². The predicted octanol–water partition coefficient (Wildman–Crippen LogP) is 1.60. The maximum Gasteiger partial charge on any atom is 0.343 e. The zero-order chi connectivity index (χ0) is 23.4. The van der Waals surface area contributed by atoms with Crippen LogP contribution in [-0.4, -0.2) is 25.3 Å². The second-order valence-corrected chi connectivity index (χ2v) is 9.28. The summed E-state index contributed by atoms with van der Waals surface area (Å²) in [4.78, 5) is 39.4. The van der Waals surface area contributed by atoms with Gasteiger partial charge in [0.25, 0.3) is 5.56 Å². The van der Waals surface area contributed by atoms with Gasteiger partial charge >= 0.3 is 5.97 Å². The second-order valence-electron chi connectivity index (χ2n) is 9.28. The summed E-state index contributed by atoms with van der Waals surface area (Å²) in [6.45, 7) is 3.44. The number of carbonyl (C=O) groups excluding carboxylic acids is 1. The molecule has 0 saturated heterocycles. The molecule has 33 heavy (non-hydrogen) atoms. The lowest BCUT2D eigenvalue weighted by molar-refractivity contribution is -0.172. The normalized spacial score (nSPS) is 24.9. The van der Waals surface area contributed by atoms with E-state index in [9.17, 15) is 29.0 Å². The number of halogens is 1. The van der Waals surface area contributed by atoms with Crippen molar-refractivity contribution in [3.63, 3.8) is 0 Å². The number of esters is 1. The number of hydrogen-bond donors (Lipinski definition) is 2. The van der Waals surface area contributed by atoms with Crippen LogP contribution in [0.1, 0.15) is 49.1 Å². The predicted molar refractivity (Wildman–Crippen MR) is 115 cm³/mol. The molecule has 0 saturated carbocycles. The number of cyclic esters (lactones) is 1. The van der Waals surface area contributed by atoms with E-state index in [2.05, 4.69) is 0 Å². The topological polar surface area (TPSA) is 111 Å². The molecular formula is C24H21FN2O6. The van der Waals surface area contributed by atoms with Crippen LogP contribution in [0.25, 0.3) is 22.2 Å². The minimum absolute atomic E-state index is 0.000189. The maximum absolute atomic E-state index is 14.5. The van der Waals surface area contributed by atoms with Gasteiger partial charge in [-0.3, -0.25) is 9.59 Å². The molecule has 2 aromatic heterocycles. The molecule has 5 heterocycles. The number of aryl methyl sites for hydroxylation is 1. The first kappa shape index (κ1) is 20.3. The summed E-state index contributed by atoms with van der Waals surface area (Å²) in [6, 6.07) is 3.92. The number of aromatic nitrogens is 2. The third kappa shape index (κ3) is 2.38. The molecule has 9 heteroatoms. The van der Waals surface area contributed by atoms with Gasteiger partial charge in [0.15, 0.2) is 11.0 Å². The van der Waals surface area contributed by atoms with Crippen molar-refractivity contribution in [1.29, 1.82) is 0 Å². The van der Waals surface area contributed by atoms with Crippen LogP contribution >= 0.6 is 0 Å². The number of pyridine rings is 2. The van der Waals surface area contributed by atoms with E-state index in [1.165, 1.54) is 16.7 Å². The Kier molecular flexibility index (Phi) is 3.80. The van der Waals surface area contributed by atoms with Crippen molar-refractivity contribution in [3.8, 4) is 11.3 Å². The minimum atomic E-state index is -1.98. The number of carbonyl (C=O) groups is 1. The molecule has 0 unspecified atom stereocenters. The van der Waals surface area contributed by atoms with Crippen LogP contribution in [0.5, 0.6) is 0 Å². The number of hydrogen-bond acceptors (Lipinski definition) is 6. The lowest BCUT2D eigenvalue weighted by Crippen LogP contribution is -2.44. The van der Waals surface area contributed by atoms with Crippen LogP contribution in [0.2, 0.25) is 0 Å². The first-order valence-electron chi connectivity index (χ1n) is 10.9. The Balaban J connectivity index is 1.73.